The molecule has 4 nitrogen and oxygen atoms in total. The van der Waals surface area contributed by atoms with Crippen molar-refractivity contribution in [1.82, 2.24) is 4.57 Å². The Labute approximate surface area is 131 Å². The molecule has 1 aliphatic heterocycles. The lowest BCUT2D eigenvalue weighted by Gasteiger charge is -2.28. The Balaban J connectivity index is 2.21. The molecule has 1 aromatic heterocycles. The molecular formula is C17H15F2NO3. The molecule has 2 heterocycles. The van der Waals surface area contributed by atoms with Gasteiger partial charge < -0.3 is 9.30 Å². The highest BCUT2D eigenvalue weighted by molar-refractivity contribution is 5.89. The van der Waals surface area contributed by atoms with Gasteiger partial charge in [0.05, 0.1) is 12.3 Å². The third kappa shape index (κ3) is 2.54. The highest BCUT2D eigenvalue weighted by atomic mass is 19.2. The minimum atomic E-state index is -0.966. The van der Waals surface area contributed by atoms with Gasteiger partial charge in [0.25, 0.3) is 0 Å². The lowest BCUT2D eigenvalue weighted by Crippen LogP contribution is -2.25. The number of pyridine rings is 1. The van der Waals surface area contributed by atoms with Crippen LogP contribution in [0.25, 0.3) is 11.3 Å². The van der Waals surface area contributed by atoms with Crippen LogP contribution >= 0.6 is 0 Å². The molecule has 0 N–H and O–H groups in total. The molecule has 23 heavy (non-hydrogen) atoms. The van der Waals surface area contributed by atoms with Crippen LogP contribution in [-0.4, -0.2) is 17.1 Å². The van der Waals surface area contributed by atoms with E-state index in [0.29, 0.717) is 23.2 Å². The largest absolute Gasteiger partial charge is 0.462 e. The van der Waals surface area contributed by atoms with E-state index in [-0.39, 0.29) is 18.2 Å². The molecule has 0 spiro atoms. The maximum Gasteiger partial charge on any atom is 0.343 e. The minimum absolute atomic E-state index is 0.0616. The summed E-state index contributed by atoms with van der Waals surface area (Å²) in [6.45, 7) is 3.71. The van der Waals surface area contributed by atoms with E-state index < -0.39 is 23.0 Å². The van der Waals surface area contributed by atoms with E-state index in [0.717, 1.165) is 12.1 Å². The highest BCUT2D eigenvalue weighted by Gasteiger charge is 2.25. The Morgan fingerprint density at radius 1 is 1.30 bits per heavy atom. The van der Waals surface area contributed by atoms with Crippen molar-refractivity contribution < 1.29 is 18.3 Å². The number of hydrogen-bond acceptors (Lipinski definition) is 3. The van der Waals surface area contributed by atoms with Crippen molar-refractivity contribution in [3.8, 4) is 11.3 Å². The predicted molar refractivity (Wildman–Crippen MR) is 80.4 cm³/mol. The summed E-state index contributed by atoms with van der Waals surface area (Å²) in [4.78, 5) is 24.1. The topological polar surface area (TPSA) is 48.3 Å². The summed E-state index contributed by atoms with van der Waals surface area (Å²) in [6.07, 6.45) is 1.91. The van der Waals surface area contributed by atoms with E-state index in [9.17, 15) is 18.4 Å². The number of carbonyl (C=O) groups excluding carboxylic acids is 1. The fourth-order valence-corrected chi connectivity index (χ4v) is 2.90. The summed E-state index contributed by atoms with van der Waals surface area (Å²) >= 11 is 0. The third-order valence-electron chi connectivity index (χ3n) is 3.99. The quantitative estimate of drug-likeness (QED) is 0.799. The number of benzene rings is 1. The molecule has 1 unspecified atom stereocenters. The molecule has 120 valence electrons. The Bertz CT molecular complexity index is 858. The van der Waals surface area contributed by atoms with Gasteiger partial charge in [-0.3, -0.25) is 4.79 Å². The monoisotopic (exact) mass is 319 g/mol. The van der Waals surface area contributed by atoms with Crippen LogP contribution in [0.2, 0.25) is 0 Å². The number of ether oxygens (including phenoxy) is 1. The summed E-state index contributed by atoms with van der Waals surface area (Å²) in [5.41, 5.74) is 1.01. The van der Waals surface area contributed by atoms with Gasteiger partial charge in [0.15, 0.2) is 17.1 Å². The number of esters is 1. The van der Waals surface area contributed by atoms with Crippen LogP contribution in [0.15, 0.2) is 29.2 Å². The van der Waals surface area contributed by atoms with E-state index in [1.807, 2.05) is 6.92 Å². The number of rotatable bonds is 2. The Kier molecular flexibility index (Phi) is 3.75. The summed E-state index contributed by atoms with van der Waals surface area (Å²) in [5.74, 6) is -2.56. The summed E-state index contributed by atoms with van der Waals surface area (Å²) in [6, 6.07) is 3.43. The lowest BCUT2D eigenvalue weighted by molar-refractivity contribution is 0.0523. The SMILES string of the molecule is CCOC(=O)c1cn2c(cc1=O)-c1cc(F)c(F)cc1CC2C. The molecule has 0 fully saturated rings. The number of carbonyl (C=O) groups is 1. The van der Waals surface area contributed by atoms with Crippen molar-refractivity contribution in [2.45, 2.75) is 26.3 Å². The Hall–Kier alpha value is -2.50. The van der Waals surface area contributed by atoms with Crippen molar-refractivity contribution >= 4 is 5.97 Å². The molecule has 0 radical (unpaired) electrons. The average molecular weight is 319 g/mol. The van der Waals surface area contributed by atoms with E-state index >= 15 is 0 Å². The van der Waals surface area contributed by atoms with Crippen LogP contribution in [0.5, 0.6) is 0 Å². The molecule has 2 aromatic rings. The fraction of sp³-hybridized carbons (Fsp3) is 0.294. The number of hydrogen-bond donors (Lipinski definition) is 0. The molecule has 0 amide bonds. The lowest BCUT2D eigenvalue weighted by atomic mass is 9.92. The van der Waals surface area contributed by atoms with Crippen LogP contribution in [0.1, 0.15) is 35.8 Å². The molecular weight excluding hydrogens is 304 g/mol. The molecule has 1 aromatic carbocycles. The van der Waals surface area contributed by atoms with Gasteiger partial charge in [0, 0.05) is 23.9 Å². The second-order valence-electron chi connectivity index (χ2n) is 5.54. The predicted octanol–water partition coefficient (Wildman–Crippen LogP) is 3.09. The van der Waals surface area contributed by atoms with Crippen LogP contribution in [0.4, 0.5) is 8.78 Å². The number of fused-ring (bicyclic) bond motifs is 3. The molecule has 3 rings (SSSR count). The van der Waals surface area contributed by atoms with Crippen molar-refractivity contribution in [2.75, 3.05) is 6.61 Å². The average Bonchev–Trinajstić information content (AvgIpc) is 2.49. The summed E-state index contributed by atoms with van der Waals surface area (Å²) in [5, 5.41) is 0. The van der Waals surface area contributed by atoms with E-state index in [2.05, 4.69) is 0 Å². The Morgan fingerprint density at radius 2 is 2.00 bits per heavy atom. The first kappa shape index (κ1) is 15.4. The third-order valence-corrected chi connectivity index (χ3v) is 3.99. The van der Waals surface area contributed by atoms with Gasteiger partial charge >= 0.3 is 5.97 Å². The van der Waals surface area contributed by atoms with Gasteiger partial charge in [-0.2, -0.15) is 0 Å². The van der Waals surface area contributed by atoms with E-state index in [1.165, 1.54) is 12.3 Å². The first-order valence-electron chi connectivity index (χ1n) is 7.34. The molecule has 0 aliphatic carbocycles. The van der Waals surface area contributed by atoms with Crippen LogP contribution in [0.3, 0.4) is 0 Å². The van der Waals surface area contributed by atoms with Crippen molar-refractivity contribution in [2.24, 2.45) is 0 Å². The Morgan fingerprint density at radius 3 is 2.70 bits per heavy atom. The zero-order chi connectivity index (χ0) is 16.7. The fourth-order valence-electron chi connectivity index (χ4n) is 2.90. The zero-order valence-corrected chi connectivity index (χ0v) is 12.7. The molecule has 0 saturated carbocycles. The smallest absolute Gasteiger partial charge is 0.343 e. The number of halogens is 2. The van der Waals surface area contributed by atoms with Gasteiger partial charge in [-0.05, 0) is 38.0 Å². The second kappa shape index (κ2) is 5.61. The first-order valence-corrected chi connectivity index (χ1v) is 7.34. The molecule has 6 heteroatoms. The second-order valence-corrected chi connectivity index (χ2v) is 5.54. The first-order chi connectivity index (χ1) is 10.9. The number of nitrogens with zero attached hydrogens (tertiary/aromatic N) is 1. The van der Waals surface area contributed by atoms with Crippen LogP contribution in [0, 0.1) is 11.6 Å². The van der Waals surface area contributed by atoms with E-state index in [4.69, 9.17) is 4.74 Å². The number of aromatic nitrogens is 1. The summed E-state index contributed by atoms with van der Waals surface area (Å²) in [7, 11) is 0. The van der Waals surface area contributed by atoms with E-state index in [1.54, 1.807) is 11.5 Å². The molecule has 0 saturated heterocycles. The van der Waals surface area contributed by atoms with Crippen LogP contribution < -0.4 is 5.43 Å². The van der Waals surface area contributed by atoms with Crippen molar-refractivity contribution in [3.63, 3.8) is 0 Å². The summed E-state index contributed by atoms with van der Waals surface area (Å²) < 4.78 is 33.6. The molecule has 1 atom stereocenters. The van der Waals surface area contributed by atoms with Crippen molar-refractivity contribution in [1.29, 1.82) is 0 Å². The van der Waals surface area contributed by atoms with Gasteiger partial charge in [-0.25, -0.2) is 13.6 Å². The van der Waals surface area contributed by atoms with Crippen molar-refractivity contribution in [3.05, 3.63) is 57.4 Å². The van der Waals surface area contributed by atoms with Gasteiger partial charge in [0.2, 0.25) is 0 Å². The van der Waals surface area contributed by atoms with Gasteiger partial charge in [-0.1, -0.05) is 0 Å². The van der Waals surface area contributed by atoms with Gasteiger partial charge in [-0.15, -0.1) is 0 Å². The van der Waals surface area contributed by atoms with Gasteiger partial charge in [0.1, 0.15) is 5.56 Å². The maximum absolute atomic E-state index is 13.6. The zero-order valence-electron chi connectivity index (χ0n) is 12.7. The van der Waals surface area contributed by atoms with Crippen LogP contribution in [-0.2, 0) is 11.2 Å². The molecule has 0 bridgehead atoms. The minimum Gasteiger partial charge on any atom is -0.462 e. The normalized spacial score (nSPS) is 15.7. The maximum atomic E-state index is 13.6. The molecule has 1 aliphatic rings. The standard InChI is InChI=1S/C17H15F2NO3/c1-3-23-17(22)12-8-20-9(2)4-10-5-13(18)14(19)6-11(10)15(20)7-16(12)21/h5-9H,3-4H2,1-2H3. The highest BCUT2D eigenvalue weighted by Crippen LogP contribution is 2.35.